The quantitative estimate of drug-likeness (QED) is 0.290. The normalized spacial score (nSPS) is 18.2. The van der Waals surface area contributed by atoms with Crippen molar-refractivity contribution in [3.8, 4) is 0 Å². The van der Waals surface area contributed by atoms with Gasteiger partial charge in [0.25, 0.3) is 0 Å². The molecule has 1 aromatic carbocycles. The Hall–Kier alpha value is -1.84. The van der Waals surface area contributed by atoms with Crippen molar-refractivity contribution in [1.82, 2.24) is 15.1 Å². The first kappa shape index (κ1) is 22.4. The SMILES string of the molecule is CCNC(=NCCN1C(=O)CCCC1=O)N1CCN(c2ccccc2)CC1.I. The van der Waals surface area contributed by atoms with Crippen molar-refractivity contribution in [3.05, 3.63) is 30.3 Å². The van der Waals surface area contributed by atoms with Crippen LogP contribution in [0, 0.1) is 0 Å². The van der Waals surface area contributed by atoms with Crippen molar-refractivity contribution in [2.45, 2.75) is 26.2 Å². The van der Waals surface area contributed by atoms with Crippen LogP contribution in [-0.2, 0) is 9.59 Å². The number of hydrogen-bond donors (Lipinski definition) is 1. The maximum absolute atomic E-state index is 11.9. The number of guanidine groups is 1. The Morgan fingerprint density at radius 1 is 1.04 bits per heavy atom. The smallest absolute Gasteiger partial charge is 0.229 e. The van der Waals surface area contributed by atoms with Crippen LogP contribution >= 0.6 is 24.0 Å². The van der Waals surface area contributed by atoms with Crippen molar-refractivity contribution in [2.24, 2.45) is 4.99 Å². The molecule has 7 nitrogen and oxygen atoms in total. The molecule has 1 aromatic rings. The van der Waals surface area contributed by atoms with E-state index >= 15 is 0 Å². The monoisotopic (exact) mass is 499 g/mol. The van der Waals surface area contributed by atoms with E-state index in [2.05, 4.69) is 44.4 Å². The van der Waals surface area contributed by atoms with Gasteiger partial charge >= 0.3 is 0 Å². The second kappa shape index (κ2) is 11.2. The van der Waals surface area contributed by atoms with Gasteiger partial charge in [-0.2, -0.15) is 0 Å². The maximum atomic E-state index is 11.9. The predicted octanol–water partition coefficient (Wildman–Crippen LogP) is 1.93. The Bertz CT molecular complexity index is 658. The first-order valence-corrected chi connectivity index (χ1v) is 9.85. The highest BCUT2D eigenvalue weighted by Crippen LogP contribution is 2.16. The van der Waals surface area contributed by atoms with Gasteiger partial charge in [0, 0.05) is 57.8 Å². The summed E-state index contributed by atoms with van der Waals surface area (Å²) in [5.41, 5.74) is 1.25. The highest BCUT2D eigenvalue weighted by Gasteiger charge is 2.25. The van der Waals surface area contributed by atoms with E-state index in [1.807, 2.05) is 13.0 Å². The number of carbonyl (C=O) groups is 2. The molecule has 2 aliphatic rings. The number of hydrogen-bond acceptors (Lipinski definition) is 4. The van der Waals surface area contributed by atoms with E-state index < -0.39 is 0 Å². The molecule has 2 amide bonds. The second-order valence-electron chi connectivity index (χ2n) is 6.84. The van der Waals surface area contributed by atoms with Crippen molar-refractivity contribution in [1.29, 1.82) is 0 Å². The van der Waals surface area contributed by atoms with Gasteiger partial charge in [-0.25, -0.2) is 0 Å². The van der Waals surface area contributed by atoms with Crippen LogP contribution in [-0.4, -0.2) is 73.4 Å². The van der Waals surface area contributed by atoms with Gasteiger partial charge in [-0.15, -0.1) is 24.0 Å². The maximum Gasteiger partial charge on any atom is 0.229 e. The van der Waals surface area contributed by atoms with E-state index in [0.717, 1.165) is 38.7 Å². The lowest BCUT2D eigenvalue weighted by molar-refractivity contribution is -0.147. The van der Waals surface area contributed by atoms with Crippen LogP contribution in [0.1, 0.15) is 26.2 Å². The second-order valence-corrected chi connectivity index (χ2v) is 6.84. The van der Waals surface area contributed by atoms with Gasteiger partial charge in [0.1, 0.15) is 0 Å². The number of nitrogens with one attached hydrogen (secondary N) is 1. The lowest BCUT2D eigenvalue weighted by Gasteiger charge is -2.37. The molecular formula is C20H30IN5O2. The van der Waals surface area contributed by atoms with E-state index in [4.69, 9.17) is 0 Å². The Balaban J connectivity index is 0.00000280. The zero-order chi connectivity index (χ0) is 19.1. The lowest BCUT2D eigenvalue weighted by Crippen LogP contribution is -2.52. The van der Waals surface area contributed by atoms with Crippen LogP contribution in [0.25, 0.3) is 0 Å². The average Bonchev–Trinajstić information content (AvgIpc) is 2.70. The first-order valence-electron chi connectivity index (χ1n) is 9.85. The van der Waals surface area contributed by atoms with Crippen LogP contribution < -0.4 is 10.2 Å². The molecule has 3 rings (SSSR count). The fraction of sp³-hybridized carbons (Fsp3) is 0.550. The van der Waals surface area contributed by atoms with Gasteiger partial charge in [-0.05, 0) is 25.5 Å². The van der Waals surface area contributed by atoms with E-state index in [9.17, 15) is 9.59 Å². The summed E-state index contributed by atoms with van der Waals surface area (Å²) in [5, 5.41) is 3.34. The van der Waals surface area contributed by atoms with Crippen LogP contribution in [0.15, 0.2) is 35.3 Å². The standard InChI is InChI=1S/C20H29N5O2.HI/c1-2-21-20(22-11-12-25-18(26)9-6-10-19(25)27)24-15-13-23(14-16-24)17-7-4-3-5-8-17;/h3-5,7-8H,2,6,9-16H2,1H3,(H,21,22);1H. The minimum Gasteiger partial charge on any atom is -0.368 e. The Morgan fingerprint density at radius 3 is 2.29 bits per heavy atom. The summed E-state index contributed by atoms with van der Waals surface area (Å²) in [6.07, 6.45) is 1.61. The van der Waals surface area contributed by atoms with E-state index in [1.54, 1.807) is 0 Å². The van der Waals surface area contributed by atoms with Crippen molar-refractivity contribution in [2.75, 3.05) is 50.7 Å². The van der Waals surface area contributed by atoms with Crippen molar-refractivity contribution < 1.29 is 9.59 Å². The minimum absolute atomic E-state index is 0. The summed E-state index contributed by atoms with van der Waals surface area (Å²) in [4.78, 5) is 34.5. The van der Waals surface area contributed by atoms with Crippen LogP contribution in [0.3, 0.4) is 0 Å². The lowest BCUT2D eigenvalue weighted by atomic mass is 10.1. The topological polar surface area (TPSA) is 68.2 Å². The molecule has 0 bridgehead atoms. The zero-order valence-corrected chi connectivity index (χ0v) is 18.8. The molecule has 154 valence electrons. The summed E-state index contributed by atoms with van der Waals surface area (Å²) in [5.74, 6) is 0.730. The number of likely N-dealkylation sites (tertiary alicyclic amines) is 1. The van der Waals surface area contributed by atoms with Crippen LogP contribution in [0.5, 0.6) is 0 Å². The molecule has 2 heterocycles. The number of carbonyl (C=O) groups excluding carboxylic acids is 2. The highest BCUT2D eigenvalue weighted by molar-refractivity contribution is 14.0. The Kier molecular flexibility index (Phi) is 9.01. The minimum atomic E-state index is -0.0667. The highest BCUT2D eigenvalue weighted by atomic mass is 127. The Labute approximate surface area is 184 Å². The number of amides is 2. The van der Waals surface area contributed by atoms with E-state index in [-0.39, 0.29) is 35.8 Å². The summed E-state index contributed by atoms with van der Waals surface area (Å²) in [7, 11) is 0. The van der Waals surface area contributed by atoms with Crippen molar-refractivity contribution in [3.63, 3.8) is 0 Å². The number of para-hydroxylation sites is 1. The third kappa shape index (κ3) is 5.83. The van der Waals surface area contributed by atoms with Gasteiger partial charge in [-0.3, -0.25) is 19.5 Å². The fourth-order valence-corrected chi connectivity index (χ4v) is 3.55. The first-order chi connectivity index (χ1) is 13.2. The molecule has 8 heteroatoms. The summed E-state index contributed by atoms with van der Waals surface area (Å²) < 4.78 is 0. The molecule has 0 unspecified atom stereocenters. The van der Waals surface area contributed by atoms with E-state index in [1.165, 1.54) is 10.6 Å². The number of aliphatic imine (C=N–C) groups is 1. The summed E-state index contributed by atoms with van der Waals surface area (Å²) in [6.45, 7) is 7.32. The van der Waals surface area contributed by atoms with Gasteiger partial charge in [0.15, 0.2) is 5.96 Å². The molecule has 0 saturated carbocycles. The van der Waals surface area contributed by atoms with Crippen LogP contribution in [0.4, 0.5) is 5.69 Å². The average molecular weight is 499 g/mol. The largest absolute Gasteiger partial charge is 0.368 e. The number of nitrogens with zero attached hydrogens (tertiary/aromatic N) is 4. The van der Waals surface area contributed by atoms with Gasteiger partial charge in [0.05, 0.1) is 6.54 Å². The molecule has 0 aliphatic carbocycles. The molecular weight excluding hydrogens is 469 g/mol. The summed E-state index contributed by atoms with van der Waals surface area (Å²) in [6, 6.07) is 10.4. The number of imide groups is 1. The number of piperazine rings is 1. The van der Waals surface area contributed by atoms with E-state index in [0.29, 0.717) is 32.4 Å². The zero-order valence-electron chi connectivity index (χ0n) is 16.5. The number of piperidine rings is 1. The molecule has 2 saturated heterocycles. The number of halogens is 1. The number of benzene rings is 1. The third-order valence-corrected chi connectivity index (χ3v) is 5.00. The van der Waals surface area contributed by atoms with Crippen molar-refractivity contribution >= 4 is 47.4 Å². The third-order valence-electron chi connectivity index (χ3n) is 5.00. The summed E-state index contributed by atoms with van der Waals surface area (Å²) >= 11 is 0. The molecule has 1 N–H and O–H groups in total. The Morgan fingerprint density at radius 2 is 1.68 bits per heavy atom. The molecule has 2 aliphatic heterocycles. The molecule has 28 heavy (non-hydrogen) atoms. The van der Waals surface area contributed by atoms with Crippen LogP contribution in [0.2, 0.25) is 0 Å². The van der Waals surface area contributed by atoms with Gasteiger partial charge < -0.3 is 15.1 Å². The number of anilines is 1. The predicted molar refractivity (Wildman–Crippen MR) is 122 cm³/mol. The van der Waals surface area contributed by atoms with Gasteiger partial charge in [0.2, 0.25) is 11.8 Å². The molecule has 2 fully saturated rings. The van der Waals surface area contributed by atoms with Gasteiger partial charge in [-0.1, -0.05) is 18.2 Å². The molecule has 0 radical (unpaired) electrons. The molecule has 0 spiro atoms. The molecule has 0 atom stereocenters. The number of rotatable bonds is 5. The molecule has 0 aromatic heterocycles. The fourth-order valence-electron chi connectivity index (χ4n) is 3.55.